The normalized spacial score (nSPS) is 24.6. The molecule has 1 N–H and O–H groups in total. The summed E-state index contributed by atoms with van der Waals surface area (Å²) in [5.74, 6) is 0.422. The molecule has 0 aromatic carbocycles. The summed E-state index contributed by atoms with van der Waals surface area (Å²) in [4.78, 5) is 21.2. The Hall–Kier alpha value is -1.67. The van der Waals surface area contributed by atoms with Crippen molar-refractivity contribution in [2.45, 2.75) is 77.6 Å². The lowest BCUT2D eigenvalue weighted by molar-refractivity contribution is -0.138. The van der Waals surface area contributed by atoms with Crippen LogP contribution in [0.5, 0.6) is 0 Å². The lowest BCUT2D eigenvalue weighted by Gasteiger charge is -2.36. The maximum absolute atomic E-state index is 13.1. The summed E-state index contributed by atoms with van der Waals surface area (Å²) in [5.41, 5.74) is 0.427. The van der Waals surface area contributed by atoms with Crippen LogP contribution in [-0.2, 0) is 23.9 Å². The predicted molar refractivity (Wildman–Crippen MR) is 117 cm³/mol. The number of piperidine rings is 1. The van der Waals surface area contributed by atoms with Crippen molar-refractivity contribution in [3.63, 3.8) is 0 Å². The van der Waals surface area contributed by atoms with E-state index in [1.807, 2.05) is 0 Å². The van der Waals surface area contributed by atoms with Gasteiger partial charge in [-0.2, -0.15) is 13.2 Å². The molecule has 1 amide bonds. The molecule has 1 aromatic heterocycles. The summed E-state index contributed by atoms with van der Waals surface area (Å²) in [5, 5.41) is 9.30. The van der Waals surface area contributed by atoms with Crippen molar-refractivity contribution in [2.75, 3.05) is 26.2 Å². The molecule has 32 heavy (non-hydrogen) atoms. The van der Waals surface area contributed by atoms with Gasteiger partial charge in [0.25, 0.3) is 0 Å². The third-order valence-corrected chi connectivity index (χ3v) is 6.86. The molecule has 1 aromatic rings. The Morgan fingerprint density at radius 1 is 1.16 bits per heavy atom. The van der Waals surface area contributed by atoms with Gasteiger partial charge in [0.15, 0.2) is 0 Å². The Morgan fingerprint density at radius 3 is 2.47 bits per heavy atom. The number of likely N-dealkylation sites (tertiary alicyclic amines) is 1. The average molecular weight is 456 g/mol. The molecule has 5 nitrogen and oxygen atoms in total. The molecular weight excluding hydrogens is 419 g/mol. The monoisotopic (exact) mass is 455 g/mol. The predicted octanol–water partition coefficient (Wildman–Crippen LogP) is 4.27. The third kappa shape index (κ3) is 6.01. The first-order valence-electron chi connectivity index (χ1n) is 11.9. The van der Waals surface area contributed by atoms with E-state index in [2.05, 4.69) is 23.7 Å². The fourth-order valence-corrected chi connectivity index (χ4v) is 5.04. The van der Waals surface area contributed by atoms with Gasteiger partial charge in [0.1, 0.15) is 0 Å². The molecule has 1 saturated carbocycles. The molecule has 3 heterocycles. The van der Waals surface area contributed by atoms with Crippen molar-refractivity contribution in [1.29, 1.82) is 0 Å². The van der Waals surface area contributed by atoms with Gasteiger partial charge in [-0.3, -0.25) is 9.78 Å². The van der Waals surface area contributed by atoms with Crippen LogP contribution in [0.4, 0.5) is 13.2 Å². The molecule has 0 spiro atoms. The van der Waals surface area contributed by atoms with Crippen molar-refractivity contribution in [3.05, 3.63) is 29.1 Å². The van der Waals surface area contributed by atoms with Crippen LogP contribution in [0.15, 0.2) is 12.3 Å². The molecule has 3 aliphatic rings. The number of hydrogen-bond donors (Lipinski definition) is 1. The SMILES string of the molecule is CCC.O=C(C1CCC(N2CCC(CO)CC2)C1)N1CCc2ncc(C(F)(F)F)cc2C1. The number of hydrogen-bond acceptors (Lipinski definition) is 4. The molecule has 0 radical (unpaired) electrons. The van der Waals surface area contributed by atoms with E-state index in [0.29, 0.717) is 36.2 Å². The van der Waals surface area contributed by atoms with Gasteiger partial charge in [0.2, 0.25) is 5.91 Å². The van der Waals surface area contributed by atoms with Crippen LogP contribution < -0.4 is 0 Å². The lowest BCUT2D eigenvalue weighted by Crippen LogP contribution is -2.42. The highest BCUT2D eigenvalue weighted by atomic mass is 19.4. The van der Waals surface area contributed by atoms with Crippen LogP contribution in [0, 0.1) is 11.8 Å². The molecular formula is C24H36F3N3O2. The zero-order valence-electron chi connectivity index (χ0n) is 19.2. The first-order valence-corrected chi connectivity index (χ1v) is 11.9. The number of fused-ring (bicyclic) bond motifs is 1. The largest absolute Gasteiger partial charge is 0.417 e. The van der Waals surface area contributed by atoms with E-state index in [0.717, 1.165) is 57.5 Å². The fraction of sp³-hybridized carbons (Fsp3) is 0.750. The number of carbonyl (C=O) groups excluding carboxylic acids is 1. The smallest absolute Gasteiger partial charge is 0.396 e. The van der Waals surface area contributed by atoms with Crippen molar-refractivity contribution in [3.8, 4) is 0 Å². The maximum atomic E-state index is 13.1. The van der Waals surface area contributed by atoms with Crippen LogP contribution in [0.25, 0.3) is 0 Å². The van der Waals surface area contributed by atoms with Crippen LogP contribution in [0.1, 0.15) is 69.2 Å². The molecule has 2 aliphatic heterocycles. The highest BCUT2D eigenvalue weighted by Crippen LogP contribution is 2.35. The van der Waals surface area contributed by atoms with Crippen LogP contribution in [0.2, 0.25) is 0 Å². The molecule has 180 valence electrons. The minimum Gasteiger partial charge on any atom is -0.396 e. The number of halogens is 3. The first kappa shape index (κ1) is 25.0. The van der Waals surface area contributed by atoms with E-state index in [4.69, 9.17) is 0 Å². The standard InChI is InChI=1S/C21H28F3N3O2.C3H8/c22-21(23,24)17-9-16-12-27(8-5-19(16)25-11-17)20(29)15-1-2-18(10-15)26-6-3-14(13-28)4-7-26;1-3-2/h9,11,14-15,18,28H,1-8,10,12-13H2;3H2,1-2H3. The summed E-state index contributed by atoms with van der Waals surface area (Å²) in [6.07, 6.45) is 2.88. The Bertz CT molecular complexity index is 763. The number of amides is 1. The molecule has 0 bridgehead atoms. The lowest BCUT2D eigenvalue weighted by atomic mass is 9.96. The first-order chi connectivity index (χ1) is 15.3. The summed E-state index contributed by atoms with van der Waals surface area (Å²) < 4.78 is 39.0. The highest BCUT2D eigenvalue weighted by molar-refractivity contribution is 5.79. The Balaban J connectivity index is 0.000000913. The minimum absolute atomic E-state index is 0.0455. The third-order valence-electron chi connectivity index (χ3n) is 6.86. The van der Waals surface area contributed by atoms with Crippen molar-refractivity contribution in [2.24, 2.45) is 11.8 Å². The highest BCUT2D eigenvalue weighted by Gasteiger charge is 2.38. The van der Waals surface area contributed by atoms with Crippen molar-refractivity contribution < 1.29 is 23.1 Å². The second kappa shape index (κ2) is 11.0. The number of pyridine rings is 1. The number of aliphatic hydroxyl groups is 1. The summed E-state index contributed by atoms with van der Waals surface area (Å²) in [6, 6.07) is 1.55. The Morgan fingerprint density at radius 2 is 1.84 bits per heavy atom. The second-order valence-electron chi connectivity index (χ2n) is 9.37. The van der Waals surface area contributed by atoms with Crippen LogP contribution in [0.3, 0.4) is 0 Å². The van der Waals surface area contributed by atoms with Gasteiger partial charge >= 0.3 is 6.18 Å². The number of nitrogens with zero attached hydrogens (tertiary/aromatic N) is 3. The van der Waals surface area contributed by atoms with Gasteiger partial charge < -0.3 is 14.9 Å². The van der Waals surface area contributed by atoms with E-state index < -0.39 is 11.7 Å². The molecule has 2 unspecified atom stereocenters. The van der Waals surface area contributed by atoms with Crippen LogP contribution in [-0.4, -0.2) is 58.1 Å². The van der Waals surface area contributed by atoms with E-state index >= 15 is 0 Å². The quantitative estimate of drug-likeness (QED) is 0.740. The van der Waals surface area contributed by atoms with Gasteiger partial charge in [-0.1, -0.05) is 20.3 Å². The topological polar surface area (TPSA) is 56.7 Å². The molecule has 4 rings (SSSR count). The van der Waals surface area contributed by atoms with Crippen LogP contribution >= 0.6 is 0 Å². The number of aliphatic hydroxyl groups excluding tert-OH is 1. The molecule has 1 aliphatic carbocycles. The van der Waals surface area contributed by atoms with Gasteiger partial charge in [0, 0.05) is 50.0 Å². The zero-order valence-corrected chi connectivity index (χ0v) is 19.2. The van der Waals surface area contributed by atoms with E-state index in [-0.39, 0.29) is 25.0 Å². The maximum Gasteiger partial charge on any atom is 0.417 e. The van der Waals surface area contributed by atoms with Crippen molar-refractivity contribution in [1.82, 2.24) is 14.8 Å². The Kier molecular flexibility index (Phi) is 8.55. The minimum atomic E-state index is -4.42. The average Bonchev–Trinajstić information content (AvgIpc) is 3.28. The van der Waals surface area contributed by atoms with E-state index in [9.17, 15) is 23.1 Å². The molecule has 2 fully saturated rings. The number of rotatable bonds is 3. The number of aromatic nitrogens is 1. The summed E-state index contributed by atoms with van der Waals surface area (Å²) >= 11 is 0. The van der Waals surface area contributed by atoms with Crippen molar-refractivity contribution >= 4 is 5.91 Å². The number of alkyl halides is 3. The zero-order chi connectivity index (χ0) is 23.3. The second-order valence-corrected chi connectivity index (χ2v) is 9.37. The summed E-state index contributed by atoms with van der Waals surface area (Å²) in [7, 11) is 0. The molecule has 1 saturated heterocycles. The summed E-state index contributed by atoms with van der Waals surface area (Å²) in [6.45, 7) is 7.18. The molecule has 2 atom stereocenters. The van der Waals surface area contributed by atoms with Gasteiger partial charge in [-0.05, 0) is 62.7 Å². The van der Waals surface area contributed by atoms with Gasteiger partial charge in [-0.25, -0.2) is 0 Å². The van der Waals surface area contributed by atoms with Gasteiger partial charge in [0.05, 0.1) is 5.56 Å². The fourth-order valence-electron chi connectivity index (χ4n) is 5.04. The number of carbonyl (C=O) groups is 1. The Labute approximate surface area is 189 Å². The van der Waals surface area contributed by atoms with E-state index in [1.54, 1.807) is 4.90 Å². The van der Waals surface area contributed by atoms with Gasteiger partial charge in [-0.15, -0.1) is 0 Å². The van der Waals surface area contributed by atoms with E-state index in [1.165, 1.54) is 6.42 Å². The molecule has 8 heteroatoms.